The standard InChI is InChI=1S/C11H15BrN2O2/c1-14(2)10(15)6-7-16-11-8(12)4-3-5-9(11)13/h3-5H,6-7,13H2,1-2H3. The van der Waals surface area contributed by atoms with Gasteiger partial charge in [-0.05, 0) is 28.1 Å². The van der Waals surface area contributed by atoms with Crippen LogP contribution in [-0.4, -0.2) is 31.5 Å². The Morgan fingerprint density at radius 2 is 2.19 bits per heavy atom. The van der Waals surface area contributed by atoms with Gasteiger partial charge in [0.15, 0.2) is 5.75 Å². The van der Waals surface area contributed by atoms with Gasteiger partial charge in [-0.3, -0.25) is 4.79 Å². The van der Waals surface area contributed by atoms with E-state index in [-0.39, 0.29) is 5.91 Å². The summed E-state index contributed by atoms with van der Waals surface area (Å²) in [6, 6.07) is 5.44. The number of ether oxygens (including phenoxy) is 1. The van der Waals surface area contributed by atoms with E-state index >= 15 is 0 Å². The average Bonchev–Trinajstić information content (AvgIpc) is 2.22. The van der Waals surface area contributed by atoms with E-state index in [2.05, 4.69) is 15.9 Å². The van der Waals surface area contributed by atoms with E-state index < -0.39 is 0 Å². The highest BCUT2D eigenvalue weighted by Gasteiger charge is 2.07. The van der Waals surface area contributed by atoms with Gasteiger partial charge in [0.05, 0.1) is 23.2 Å². The maximum Gasteiger partial charge on any atom is 0.225 e. The monoisotopic (exact) mass is 286 g/mol. The third kappa shape index (κ3) is 3.41. The number of amides is 1. The van der Waals surface area contributed by atoms with Crippen molar-refractivity contribution in [2.24, 2.45) is 0 Å². The molecule has 1 rings (SSSR count). The number of anilines is 1. The van der Waals surface area contributed by atoms with Crippen molar-refractivity contribution in [3.8, 4) is 5.75 Å². The highest BCUT2D eigenvalue weighted by molar-refractivity contribution is 9.10. The van der Waals surface area contributed by atoms with Crippen LogP contribution in [0.2, 0.25) is 0 Å². The molecule has 0 fully saturated rings. The Bertz CT molecular complexity index is 360. The predicted octanol–water partition coefficient (Wildman–Crippen LogP) is 1.89. The molecule has 1 aromatic carbocycles. The first kappa shape index (κ1) is 12.8. The first-order valence-electron chi connectivity index (χ1n) is 4.89. The summed E-state index contributed by atoms with van der Waals surface area (Å²) >= 11 is 3.34. The Morgan fingerprint density at radius 3 is 2.75 bits per heavy atom. The minimum atomic E-state index is 0.0330. The molecule has 5 heteroatoms. The summed E-state index contributed by atoms with van der Waals surface area (Å²) in [4.78, 5) is 12.8. The molecule has 0 saturated carbocycles. The van der Waals surface area contributed by atoms with Crippen molar-refractivity contribution < 1.29 is 9.53 Å². The van der Waals surface area contributed by atoms with Gasteiger partial charge in [0.25, 0.3) is 0 Å². The van der Waals surface area contributed by atoms with Gasteiger partial charge >= 0.3 is 0 Å². The highest BCUT2D eigenvalue weighted by Crippen LogP contribution is 2.30. The summed E-state index contributed by atoms with van der Waals surface area (Å²) in [5.74, 6) is 0.625. The number of rotatable bonds is 4. The molecule has 2 N–H and O–H groups in total. The Kier molecular flexibility index (Phi) is 4.61. The number of hydrogen-bond acceptors (Lipinski definition) is 3. The zero-order valence-corrected chi connectivity index (χ0v) is 11.0. The van der Waals surface area contributed by atoms with Crippen molar-refractivity contribution in [3.05, 3.63) is 22.7 Å². The molecule has 0 heterocycles. The number of nitrogens with zero attached hydrogens (tertiary/aromatic N) is 1. The summed E-state index contributed by atoms with van der Waals surface area (Å²) in [6.07, 6.45) is 0.341. The van der Waals surface area contributed by atoms with Gasteiger partial charge in [-0.2, -0.15) is 0 Å². The molecule has 88 valence electrons. The maximum absolute atomic E-state index is 11.3. The number of hydrogen-bond donors (Lipinski definition) is 1. The molecule has 0 bridgehead atoms. The molecule has 0 radical (unpaired) electrons. The first-order chi connectivity index (χ1) is 7.52. The van der Waals surface area contributed by atoms with Gasteiger partial charge in [0, 0.05) is 14.1 Å². The fraction of sp³-hybridized carbons (Fsp3) is 0.364. The summed E-state index contributed by atoms with van der Waals surface area (Å²) in [7, 11) is 3.43. The highest BCUT2D eigenvalue weighted by atomic mass is 79.9. The van der Waals surface area contributed by atoms with Gasteiger partial charge in [0.1, 0.15) is 0 Å². The van der Waals surface area contributed by atoms with E-state index in [0.29, 0.717) is 24.5 Å². The number of para-hydroxylation sites is 1. The van der Waals surface area contributed by atoms with Gasteiger partial charge < -0.3 is 15.4 Å². The summed E-state index contributed by atoms with van der Waals surface area (Å²) in [5.41, 5.74) is 6.31. The fourth-order valence-corrected chi connectivity index (χ4v) is 1.64. The Labute approximate surface area is 103 Å². The summed E-state index contributed by atoms with van der Waals surface area (Å²) in [5, 5.41) is 0. The van der Waals surface area contributed by atoms with Crippen molar-refractivity contribution in [3.63, 3.8) is 0 Å². The van der Waals surface area contributed by atoms with Crippen LogP contribution in [0.5, 0.6) is 5.75 Å². The Balaban J connectivity index is 2.52. The lowest BCUT2D eigenvalue weighted by Gasteiger charge is -2.12. The quantitative estimate of drug-likeness (QED) is 0.860. The van der Waals surface area contributed by atoms with Crippen LogP contribution in [0, 0.1) is 0 Å². The molecule has 0 atom stereocenters. The zero-order valence-electron chi connectivity index (χ0n) is 9.37. The molecule has 0 aliphatic heterocycles. The van der Waals surface area contributed by atoms with Crippen LogP contribution in [0.25, 0.3) is 0 Å². The zero-order chi connectivity index (χ0) is 12.1. The van der Waals surface area contributed by atoms with Crippen LogP contribution in [0.15, 0.2) is 22.7 Å². The van der Waals surface area contributed by atoms with E-state index in [1.165, 1.54) is 4.90 Å². The van der Waals surface area contributed by atoms with Gasteiger partial charge in [0.2, 0.25) is 5.91 Å². The molecule has 0 aliphatic carbocycles. The lowest BCUT2D eigenvalue weighted by Crippen LogP contribution is -2.23. The van der Waals surface area contributed by atoms with Gasteiger partial charge in [-0.1, -0.05) is 6.07 Å². The summed E-state index contributed by atoms with van der Waals surface area (Å²) in [6.45, 7) is 0.323. The average molecular weight is 287 g/mol. The molecule has 16 heavy (non-hydrogen) atoms. The molecule has 1 aromatic rings. The topological polar surface area (TPSA) is 55.6 Å². The summed E-state index contributed by atoms with van der Waals surface area (Å²) < 4.78 is 6.27. The van der Waals surface area contributed by atoms with Crippen LogP contribution < -0.4 is 10.5 Å². The van der Waals surface area contributed by atoms with E-state index in [9.17, 15) is 4.79 Å². The molecule has 1 amide bonds. The lowest BCUT2D eigenvalue weighted by atomic mass is 10.3. The van der Waals surface area contributed by atoms with E-state index in [4.69, 9.17) is 10.5 Å². The number of benzene rings is 1. The lowest BCUT2D eigenvalue weighted by molar-refractivity contribution is -0.129. The van der Waals surface area contributed by atoms with Gasteiger partial charge in [-0.15, -0.1) is 0 Å². The van der Waals surface area contributed by atoms with Gasteiger partial charge in [-0.25, -0.2) is 0 Å². The fourth-order valence-electron chi connectivity index (χ4n) is 1.14. The molecule has 0 aromatic heterocycles. The van der Waals surface area contributed by atoms with E-state index in [1.807, 2.05) is 12.1 Å². The van der Waals surface area contributed by atoms with Crippen molar-refractivity contribution in [2.45, 2.75) is 6.42 Å². The predicted molar refractivity (Wildman–Crippen MR) is 67.4 cm³/mol. The smallest absolute Gasteiger partial charge is 0.225 e. The normalized spacial score (nSPS) is 9.94. The number of halogens is 1. The molecule has 0 spiro atoms. The molecule has 4 nitrogen and oxygen atoms in total. The largest absolute Gasteiger partial charge is 0.490 e. The third-order valence-electron chi connectivity index (χ3n) is 2.06. The number of nitrogens with two attached hydrogens (primary N) is 1. The van der Waals surface area contributed by atoms with Crippen molar-refractivity contribution in [1.29, 1.82) is 0 Å². The van der Waals surface area contributed by atoms with Crippen molar-refractivity contribution >= 4 is 27.5 Å². The molecule has 0 unspecified atom stereocenters. The molecular formula is C11H15BrN2O2. The second-order valence-corrected chi connectivity index (χ2v) is 4.40. The Hall–Kier alpha value is -1.23. The minimum absolute atomic E-state index is 0.0330. The maximum atomic E-state index is 11.3. The van der Waals surface area contributed by atoms with E-state index in [1.54, 1.807) is 20.2 Å². The molecular weight excluding hydrogens is 272 g/mol. The van der Waals surface area contributed by atoms with Crippen LogP contribution in [0.1, 0.15) is 6.42 Å². The number of carbonyl (C=O) groups excluding carboxylic acids is 1. The van der Waals surface area contributed by atoms with Crippen LogP contribution in [0.3, 0.4) is 0 Å². The number of nitrogen functional groups attached to an aromatic ring is 1. The Morgan fingerprint density at radius 1 is 1.50 bits per heavy atom. The van der Waals surface area contributed by atoms with Crippen molar-refractivity contribution in [2.75, 3.05) is 26.4 Å². The second-order valence-electron chi connectivity index (χ2n) is 3.54. The molecule has 0 saturated heterocycles. The van der Waals surface area contributed by atoms with Crippen LogP contribution in [-0.2, 0) is 4.79 Å². The van der Waals surface area contributed by atoms with Crippen molar-refractivity contribution in [1.82, 2.24) is 4.90 Å². The second kappa shape index (κ2) is 5.75. The number of carbonyl (C=O) groups is 1. The van der Waals surface area contributed by atoms with Crippen LogP contribution >= 0.6 is 15.9 Å². The first-order valence-corrected chi connectivity index (χ1v) is 5.68. The SMILES string of the molecule is CN(C)C(=O)CCOc1c(N)cccc1Br. The van der Waals surface area contributed by atoms with E-state index in [0.717, 1.165) is 4.47 Å². The van der Waals surface area contributed by atoms with Crippen LogP contribution in [0.4, 0.5) is 5.69 Å². The molecule has 0 aliphatic rings. The third-order valence-corrected chi connectivity index (χ3v) is 2.68. The minimum Gasteiger partial charge on any atom is -0.490 e.